The van der Waals surface area contributed by atoms with E-state index in [0.29, 0.717) is 0 Å². The summed E-state index contributed by atoms with van der Waals surface area (Å²) in [5.74, 6) is 0. The van der Waals surface area contributed by atoms with Gasteiger partial charge in [0.15, 0.2) is 0 Å². The number of nitrogens with zero attached hydrogens (tertiary/aromatic N) is 1. The molecule has 1 aliphatic rings. The molecule has 0 saturated carbocycles. The van der Waals surface area contributed by atoms with Crippen molar-refractivity contribution in [3.05, 3.63) is 35.9 Å². The highest BCUT2D eigenvalue weighted by molar-refractivity contribution is 5.19. The SMILES string of the molecule is CCC(C(O)c1ccccc1)N1C[C@@H](C)O[C@@H](C)C1. The zero-order valence-corrected chi connectivity index (χ0v) is 12.1. The Kier molecular flexibility index (Phi) is 4.97. The van der Waals surface area contributed by atoms with Crippen molar-refractivity contribution in [1.29, 1.82) is 0 Å². The standard InChI is InChI=1S/C16H25NO2/c1-4-15(16(18)14-8-6-5-7-9-14)17-10-12(2)19-13(3)11-17/h5-9,12-13,15-16,18H,4,10-11H2,1-3H3/t12-,13+,15?,16?. The first-order chi connectivity index (χ1) is 9.11. The molecule has 3 heteroatoms. The van der Waals surface area contributed by atoms with Crippen LogP contribution in [-0.4, -0.2) is 41.3 Å². The summed E-state index contributed by atoms with van der Waals surface area (Å²) in [5.41, 5.74) is 1.00. The molecule has 2 unspecified atom stereocenters. The Labute approximate surface area is 116 Å². The quantitative estimate of drug-likeness (QED) is 0.906. The fraction of sp³-hybridized carbons (Fsp3) is 0.625. The molecule has 0 aliphatic carbocycles. The van der Waals surface area contributed by atoms with Gasteiger partial charge in [-0.3, -0.25) is 4.90 Å². The van der Waals surface area contributed by atoms with Crippen molar-refractivity contribution in [3.63, 3.8) is 0 Å². The Bertz CT molecular complexity index is 372. The molecule has 0 amide bonds. The van der Waals surface area contributed by atoms with Crippen LogP contribution in [0.15, 0.2) is 30.3 Å². The molecule has 3 nitrogen and oxygen atoms in total. The second-order valence-electron chi connectivity index (χ2n) is 5.54. The van der Waals surface area contributed by atoms with Crippen molar-refractivity contribution in [2.45, 2.75) is 51.5 Å². The van der Waals surface area contributed by atoms with Gasteiger partial charge in [0, 0.05) is 19.1 Å². The van der Waals surface area contributed by atoms with E-state index >= 15 is 0 Å². The van der Waals surface area contributed by atoms with Crippen molar-refractivity contribution in [2.75, 3.05) is 13.1 Å². The summed E-state index contributed by atoms with van der Waals surface area (Å²) in [7, 11) is 0. The van der Waals surface area contributed by atoms with Gasteiger partial charge in [-0.1, -0.05) is 37.3 Å². The fourth-order valence-corrected chi connectivity index (χ4v) is 3.04. The average Bonchev–Trinajstić information content (AvgIpc) is 2.39. The predicted octanol–water partition coefficient (Wildman–Crippen LogP) is 2.61. The maximum absolute atomic E-state index is 10.6. The van der Waals surface area contributed by atoms with E-state index in [0.717, 1.165) is 25.1 Å². The lowest BCUT2D eigenvalue weighted by atomic mass is 9.97. The van der Waals surface area contributed by atoms with Crippen LogP contribution >= 0.6 is 0 Å². The molecule has 1 N–H and O–H groups in total. The van der Waals surface area contributed by atoms with Gasteiger partial charge in [0.1, 0.15) is 0 Å². The molecule has 4 atom stereocenters. The normalized spacial score (nSPS) is 28.0. The van der Waals surface area contributed by atoms with Gasteiger partial charge >= 0.3 is 0 Å². The Balaban J connectivity index is 2.11. The first kappa shape index (κ1) is 14.5. The van der Waals surface area contributed by atoms with Gasteiger partial charge in [-0.25, -0.2) is 0 Å². The molecule has 0 aromatic heterocycles. The van der Waals surface area contributed by atoms with Gasteiger partial charge in [0.05, 0.1) is 18.3 Å². The van der Waals surface area contributed by atoms with Gasteiger partial charge in [-0.2, -0.15) is 0 Å². The average molecular weight is 263 g/mol. The minimum atomic E-state index is -0.427. The number of aliphatic hydroxyl groups excluding tert-OH is 1. The summed E-state index contributed by atoms with van der Waals surface area (Å²) in [6, 6.07) is 10.1. The number of hydrogen-bond donors (Lipinski definition) is 1. The third-order valence-corrected chi connectivity index (χ3v) is 3.84. The molecule has 1 aromatic carbocycles. The molecular weight excluding hydrogens is 238 g/mol. The molecular formula is C16H25NO2. The highest BCUT2D eigenvalue weighted by Crippen LogP contribution is 2.26. The van der Waals surface area contributed by atoms with Crippen molar-refractivity contribution < 1.29 is 9.84 Å². The highest BCUT2D eigenvalue weighted by Gasteiger charge is 2.31. The molecule has 1 aromatic rings. The van der Waals surface area contributed by atoms with Crippen molar-refractivity contribution in [3.8, 4) is 0 Å². The lowest BCUT2D eigenvalue weighted by Crippen LogP contribution is -2.51. The maximum Gasteiger partial charge on any atom is 0.0945 e. The molecule has 0 spiro atoms. The molecule has 1 saturated heterocycles. The summed E-state index contributed by atoms with van der Waals surface area (Å²) < 4.78 is 5.77. The van der Waals surface area contributed by atoms with E-state index in [2.05, 4.69) is 25.7 Å². The van der Waals surface area contributed by atoms with Crippen LogP contribution in [0.25, 0.3) is 0 Å². The molecule has 1 aliphatic heterocycles. The Morgan fingerprint density at radius 1 is 1.21 bits per heavy atom. The Morgan fingerprint density at radius 2 is 1.79 bits per heavy atom. The van der Waals surface area contributed by atoms with Crippen molar-refractivity contribution in [2.24, 2.45) is 0 Å². The Hall–Kier alpha value is -0.900. The molecule has 106 valence electrons. The van der Waals surface area contributed by atoms with Crippen LogP contribution in [0.4, 0.5) is 0 Å². The fourth-order valence-electron chi connectivity index (χ4n) is 3.04. The lowest BCUT2D eigenvalue weighted by Gasteiger charge is -2.41. The molecule has 19 heavy (non-hydrogen) atoms. The zero-order chi connectivity index (χ0) is 13.8. The summed E-state index contributed by atoms with van der Waals surface area (Å²) in [5, 5.41) is 10.6. The minimum absolute atomic E-state index is 0.163. The van der Waals surface area contributed by atoms with Crippen LogP contribution in [0.2, 0.25) is 0 Å². The van der Waals surface area contributed by atoms with Crippen LogP contribution in [0, 0.1) is 0 Å². The maximum atomic E-state index is 10.6. The number of rotatable bonds is 4. The number of ether oxygens (including phenoxy) is 1. The predicted molar refractivity (Wildman–Crippen MR) is 77.1 cm³/mol. The zero-order valence-electron chi connectivity index (χ0n) is 12.1. The van der Waals surface area contributed by atoms with Crippen LogP contribution in [0.3, 0.4) is 0 Å². The van der Waals surface area contributed by atoms with Crippen LogP contribution in [0.1, 0.15) is 38.9 Å². The van der Waals surface area contributed by atoms with E-state index in [9.17, 15) is 5.11 Å². The van der Waals surface area contributed by atoms with E-state index in [4.69, 9.17) is 4.74 Å². The van der Waals surface area contributed by atoms with Crippen molar-refractivity contribution >= 4 is 0 Å². The summed E-state index contributed by atoms with van der Waals surface area (Å²) in [6.07, 6.45) is 0.987. The second-order valence-corrected chi connectivity index (χ2v) is 5.54. The minimum Gasteiger partial charge on any atom is -0.387 e. The molecule has 0 radical (unpaired) electrons. The van der Waals surface area contributed by atoms with Crippen LogP contribution < -0.4 is 0 Å². The number of hydrogen-bond acceptors (Lipinski definition) is 3. The van der Waals surface area contributed by atoms with E-state index in [1.807, 2.05) is 30.3 Å². The third-order valence-electron chi connectivity index (χ3n) is 3.84. The largest absolute Gasteiger partial charge is 0.387 e. The second kappa shape index (κ2) is 6.51. The molecule has 0 bridgehead atoms. The van der Waals surface area contributed by atoms with Gasteiger partial charge in [0.2, 0.25) is 0 Å². The van der Waals surface area contributed by atoms with Gasteiger partial charge in [-0.15, -0.1) is 0 Å². The lowest BCUT2D eigenvalue weighted by molar-refractivity contribution is -0.0968. The van der Waals surface area contributed by atoms with Gasteiger partial charge in [-0.05, 0) is 25.8 Å². The summed E-state index contributed by atoms with van der Waals surface area (Å²) >= 11 is 0. The molecule has 1 heterocycles. The summed E-state index contributed by atoms with van der Waals surface area (Å²) in [6.45, 7) is 8.13. The van der Waals surface area contributed by atoms with E-state index in [1.54, 1.807) is 0 Å². The van der Waals surface area contributed by atoms with E-state index in [1.165, 1.54) is 0 Å². The molecule has 1 fully saturated rings. The monoisotopic (exact) mass is 263 g/mol. The van der Waals surface area contributed by atoms with Gasteiger partial charge in [0.25, 0.3) is 0 Å². The van der Waals surface area contributed by atoms with E-state index in [-0.39, 0.29) is 18.2 Å². The van der Waals surface area contributed by atoms with Crippen molar-refractivity contribution in [1.82, 2.24) is 4.90 Å². The first-order valence-electron chi connectivity index (χ1n) is 7.24. The van der Waals surface area contributed by atoms with Gasteiger partial charge < -0.3 is 9.84 Å². The number of benzene rings is 1. The number of morpholine rings is 1. The number of aliphatic hydroxyl groups is 1. The van der Waals surface area contributed by atoms with Crippen LogP contribution in [0.5, 0.6) is 0 Å². The summed E-state index contributed by atoms with van der Waals surface area (Å²) in [4.78, 5) is 2.37. The Morgan fingerprint density at radius 3 is 2.32 bits per heavy atom. The molecule has 2 rings (SSSR count). The smallest absolute Gasteiger partial charge is 0.0945 e. The van der Waals surface area contributed by atoms with E-state index < -0.39 is 6.10 Å². The first-order valence-corrected chi connectivity index (χ1v) is 7.24. The highest BCUT2D eigenvalue weighted by atomic mass is 16.5. The van der Waals surface area contributed by atoms with Crippen LogP contribution in [-0.2, 0) is 4.74 Å². The third kappa shape index (κ3) is 3.56. The topological polar surface area (TPSA) is 32.7 Å².